The van der Waals surface area contributed by atoms with Crippen LogP contribution in [0.3, 0.4) is 0 Å². The maximum atomic E-state index is 5.66. The third-order valence-electron chi connectivity index (χ3n) is 2.48. The zero-order valence-electron chi connectivity index (χ0n) is 11.0. The molecular weight excluding hydrogens is 212 g/mol. The van der Waals surface area contributed by atoms with E-state index < -0.39 is 0 Å². The Bertz CT molecular complexity index is 302. The van der Waals surface area contributed by atoms with E-state index in [2.05, 4.69) is 36.6 Å². The third-order valence-corrected chi connectivity index (χ3v) is 2.48. The first-order valence-electron chi connectivity index (χ1n) is 6.44. The maximum absolute atomic E-state index is 5.66. The molecule has 0 spiro atoms. The lowest BCUT2D eigenvalue weighted by Crippen LogP contribution is -2.28. The van der Waals surface area contributed by atoms with Crippen LogP contribution in [0.25, 0.3) is 0 Å². The highest BCUT2D eigenvalue weighted by molar-refractivity contribution is 5.27. The number of ether oxygens (including phenoxy) is 1. The molecule has 1 rings (SSSR count). The minimum atomic E-state index is 0.775. The average molecular weight is 236 g/mol. The molecule has 0 fully saturated rings. The number of hydrogen-bond donors (Lipinski definition) is 2. The molecule has 96 valence electrons. The van der Waals surface area contributed by atoms with Gasteiger partial charge in [0.1, 0.15) is 5.75 Å². The van der Waals surface area contributed by atoms with E-state index in [4.69, 9.17) is 4.74 Å². The van der Waals surface area contributed by atoms with Crippen molar-refractivity contribution in [3.05, 3.63) is 29.8 Å². The minimum absolute atomic E-state index is 0.775. The van der Waals surface area contributed by atoms with E-state index in [1.165, 1.54) is 5.56 Å². The van der Waals surface area contributed by atoms with Crippen LogP contribution in [0, 0.1) is 6.92 Å². The largest absolute Gasteiger partial charge is 0.494 e. The van der Waals surface area contributed by atoms with Crippen molar-refractivity contribution in [1.82, 2.24) is 10.6 Å². The van der Waals surface area contributed by atoms with E-state index in [1.807, 2.05) is 12.1 Å². The van der Waals surface area contributed by atoms with E-state index in [-0.39, 0.29) is 0 Å². The summed E-state index contributed by atoms with van der Waals surface area (Å²) < 4.78 is 5.66. The van der Waals surface area contributed by atoms with Gasteiger partial charge in [0.15, 0.2) is 0 Å². The van der Waals surface area contributed by atoms with Gasteiger partial charge in [-0.2, -0.15) is 0 Å². The van der Waals surface area contributed by atoms with Crippen molar-refractivity contribution in [3.8, 4) is 5.75 Å². The summed E-state index contributed by atoms with van der Waals surface area (Å²) in [6.07, 6.45) is 1.04. The Morgan fingerprint density at radius 3 is 2.71 bits per heavy atom. The van der Waals surface area contributed by atoms with E-state index in [9.17, 15) is 0 Å². The maximum Gasteiger partial charge on any atom is 0.119 e. The first-order valence-corrected chi connectivity index (χ1v) is 6.44. The van der Waals surface area contributed by atoms with Gasteiger partial charge in [0, 0.05) is 13.1 Å². The van der Waals surface area contributed by atoms with E-state index in [0.717, 1.165) is 45.0 Å². The van der Waals surface area contributed by atoms with Gasteiger partial charge < -0.3 is 15.4 Å². The van der Waals surface area contributed by atoms with Gasteiger partial charge in [-0.1, -0.05) is 19.1 Å². The van der Waals surface area contributed by atoms with E-state index in [0.29, 0.717) is 0 Å². The van der Waals surface area contributed by atoms with Crippen LogP contribution >= 0.6 is 0 Å². The summed E-state index contributed by atoms with van der Waals surface area (Å²) in [5.74, 6) is 0.970. The molecule has 0 saturated carbocycles. The summed E-state index contributed by atoms with van der Waals surface area (Å²) in [5, 5.41) is 6.65. The standard InChI is InChI=1S/C14H24N2O/c1-3-15-9-10-16-8-5-11-17-14-7-4-6-13(2)12-14/h4,6-7,12,15-16H,3,5,8-11H2,1-2H3. The zero-order chi connectivity index (χ0) is 12.3. The summed E-state index contributed by atoms with van der Waals surface area (Å²) in [7, 11) is 0. The van der Waals surface area contributed by atoms with Crippen molar-refractivity contribution >= 4 is 0 Å². The fourth-order valence-corrected chi connectivity index (χ4v) is 1.57. The van der Waals surface area contributed by atoms with Gasteiger partial charge in [-0.15, -0.1) is 0 Å². The van der Waals surface area contributed by atoms with Gasteiger partial charge in [0.25, 0.3) is 0 Å². The molecule has 2 N–H and O–H groups in total. The highest BCUT2D eigenvalue weighted by Crippen LogP contribution is 2.12. The van der Waals surface area contributed by atoms with Crippen LogP contribution in [-0.2, 0) is 0 Å². The summed E-state index contributed by atoms with van der Waals surface area (Å²) in [6.45, 7) is 9.09. The Morgan fingerprint density at radius 2 is 1.94 bits per heavy atom. The lowest BCUT2D eigenvalue weighted by molar-refractivity contribution is 0.308. The van der Waals surface area contributed by atoms with Gasteiger partial charge >= 0.3 is 0 Å². The molecule has 1 aromatic carbocycles. The molecule has 0 aliphatic heterocycles. The molecule has 0 heterocycles. The summed E-state index contributed by atoms with van der Waals surface area (Å²) in [6, 6.07) is 8.18. The fraction of sp³-hybridized carbons (Fsp3) is 0.571. The van der Waals surface area contributed by atoms with E-state index >= 15 is 0 Å². The topological polar surface area (TPSA) is 33.3 Å². The predicted molar refractivity (Wildman–Crippen MR) is 72.7 cm³/mol. The highest BCUT2D eigenvalue weighted by atomic mass is 16.5. The molecule has 0 amide bonds. The van der Waals surface area contributed by atoms with Crippen LogP contribution in [-0.4, -0.2) is 32.8 Å². The normalized spacial score (nSPS) is 10.5. The predicted octanol–water partition coefficient (Wildman–Crippen LogP) is 1.96. The number of hydrogen-bond acceptors (Lipinski definition) is 3. The number of nitrogens with one attached hydrogen (secondary N) is 2. The second-order valence-electron chi connectivity index (χ2n) is 4.12. The SMILES string of the molecule is CCNCCNCCCOc1cccc(C)c1. The Balaban J connectivity index is 1.97. The number of benzene rings is 1. The first-order chi connectivity index (χ1) is 8.33. The van der Waals surface area contributed by atoms with Crippen LogP contribution in [0.5, 0.6) is 5.75 Å². The smallest absolute Gasteiger partial charge is 0.119 e. The van der Waals surface area contributed by atoms with Crippen molar-refractivity contribution in [3.63, 3.8) is 0 Å². The Kier molecular flexibility index (Phi) is 7.43. The highest BCUT2D eigenvalue weighted by Gasteiger charge is 1.93. The molecule has 0 saturated heterocycles. The van der Waals surface area contributed by atoms with Crippen LogP contribution in [0.4, 0.5) is 0 Å². The molecule has 0 atom stereocenters. The molecule has 0 unspecified atom stereocenters. The zero-order valence-corrected chi connectivity index (χ0v) is 11.0. The van der Waals surface area contributed by atoms with Gasteiger partial charge in [0.05, 0.1) is 6.61 Å². The van der Waals surface area contributed by atoms with Crippen LogP contribution in [0.1, 0.15) is 18.9 Å². The number of aryl methyl sites for hydroxylation is 1. The van der Waals surface area contributed by atoms with Crippen molar-refractivity contribution in [2.24, 2.45) is 0 Å². The summed E-state index contributed by atoms with van der Waals surface area (Å²) in [5.41, 5.74) is 1.24. The van der Waals surface area contributed by atoms with Gasteiger partial charge in [-0.05, 0) is 44.1 Å². The summed E-state index contributed by atoms with van der Waals surface area (Å²) in [4.78, 5) is 0. The lowest BCUT2D eigenvalue weighted by Gasteiger charge is -2.08. The van der Waals surface area contributed by atoms with Crippen LogP contribution < -0.4 is 15.4 Å². The Labute approximate surface area is 105 Å². The quantitative estimate of drug-likeness (QED) is 0.643. The summed E-state index contributed by atoms with van der Waals surface area (Å²) >= 11 is 0. The van der Waals surface area contributed by atoms with Crippen molar-refractivity contribution in [2.75, 3.05) is 32.8 Å². The Morgan fingerprint density at radius 1 is 1.12 bits per heavy atom. The van der Waals surface area contributed by atoms with Crippen molar-refractivity contribution < 1.29 is 4.74 Å². The molecule has 0 bridgehead atoms. The third kappa shape index (κ3) is 6.97. The fourth-order valence-electron chi connectivity index (χ4n) is 1.57. The lowest BCUT2D eigenvalue weighted by atomic mass is 10.2. The second-order valence-corrected chi connectivity index (χ2v) is 4.12. The van der Waals surface area contributed by atoms with Crippen LogP contribution in [0.15, 0.2) is 24.3 Å². The molecule has 0 aliphatic carbocycles. The molecule has 0 radical (unpaired) electrons. The van der Waals surface area contributed by atoms with E-state index in [1.54, 1.807) is 0 Å². The van der Waals surface area contributed by atoms with Gasteiger partial charge in [0.2, 0.25) is 0 Å². The molecule has 1 aromatic rings. The van der Waals surface area contributed by atoms with Crippen molar-refractivity contribution in [1.29, 1.82) is 0 Å². The second kappa shape index (κ2) is 9.02. The Hall–Kier alpha value is -1.06. The molecule has 0 aromatic heterocycles. The molecule has 3 nitrogen and oxygen atoms in total. The molecule has 0 aliphatic rings. The van der Waals surface area contributed by atoms with Gasteiger partial charge in [-0.3, -0.25) is 0 Å². The molecule has 3 heteroatoms. The van der Waals surface area contributed by atoms with Crippen molar-refractivity contribution in [2.45, 2.75) is 20.3 Å². The monoisotopic (exact) mass is 236 g/mol. The number of rotatable bonds is 9. The van der Waals surface area contributed by atoms with Crippen LogP contribution in [0.2, 0.25) is 0 Å². The molecular formula is C14H24N2O. The molecule has 17 heavy (non-hydrogen) atoms. The van der Waals surface area contributed by atoms with Gasteiger partial charge in [-0.25, -0.2) is 0 Å². The minimum Gasteiger partial charge on any atom is -0.494 e. The average Bonchev–Trinajstić information content (AvgIpc) is 2.33. The first kappa shape index (κ1) is 14.0. The number of likely N-dealkylation sites (N-methyl/N-ethyl adjacent to an activating group) is 1.